The molecule has 2 unspecified atom stereocenters. The van der Waals surface area contributed by atoms with Gasteiger partial charge < -0.3 is 25.3 Å². The zero-order valence-corrected chi connectivity index (χ0v) is 17.3. The number of carbonyl (C=O) groups excluding carboxylic acids is 1. The molecule has 0 spiro atoms. The molecule has 4 rings (SSSR count). The van der Waals surface area contributed by atoms with Crippen molar-refractivity contribution in [2.75, 3.05) is 6.54 Å². The van der Waals surface area contributed by atoms with Crippen LogP contribution in [0, 0.1) is 0 Å². The Morgan fingerprint density at radius 2 is 1.69 bits per heavy atom. The number of aliphatic imine (C=N–C) groups is 1. The van der Waals surface area contributed by atoms with Gasteiger partial charge in [-0.15, -0.1) is 0 Å². The highest BCUT2D eigenvalue weighted by Crippen LogP contribution is 2.31. The monoisotopic (exact) mass is 432 g/mol. The van der Waals surface area contributed by atoms with E-state index in [0.29, 0.717) is 12.2 Å². The molecule has 2 aliphatic rings. The minimum Gasteiger partial charge on any atom is -0.508 e. The largest absolute Gasteiger partial charge is 0.508 e. The number of hydrogen-bond acceptors (Lipinski definition) is 7. The van der Waals surface area contributed by atoms with E-state index in [2.05, 4.69) is 4.99 Å². The number of aromatic hydroxyl groups is 1. The Bertz CT molecular complexity index is 1120. The lowest BCUT2D eigenvalue weighted by atomic mass is 9.86. The fourth-order valence-corrected chi connectivity index (χ4v) is 3.92. The summed E-state index contributed by atoms with van der Waals surface area (Å²) in [6.07, 6.45) is 5.05. The molecule has 0 saturated heterocycles. The van der Waals surface area contributed by atoms with Crippen molar-refractivity contribution >= 4 is 12.1 Å². The number of nitrogens with zero attached hydrogens (tertiary/aromatic N) is 2. The average molecular weight is 432 g/mol. The third-order valence-electron chi connectivity index (χ3n) is 5.71. The fourth-order valence-electron chi connectivity index (χ4n) is 3.92. The lowest BCUT2D eigenvalue weighted by molar-refractivity contribution is -0.115. The third kappa shape index (κ3) is 4.51. The van der Waals surface area contributed by atoms with Crippen LogP contribution in [0.3, 0.4) is 0 Å². The highest BCUT2D eigenvalue weighted by molar-refractivity contribution is 5.97. The second-order valence-corrected chi connectivity index (χ2v) is 7.83. The van der Waals surface area contributed by atoms with E-state index in [1.807, 2.05) is 42.5 Å². The van der Waals surface area contributed by atoms with E-state index in [-0.39, 0.29) is 47.9 Å². The van der Waals surface area contributed by atoms with Gasteiger partial charge in [0.25, 0.3) is 0 Å². The SMILES string of the molecule is O=C(CC(c1ccccc1)c1ccc(O)cc1)C1=CCN(C2C=C(O)C(O)=C(O)C2)C=N1. The van der Waals surface area contributed by atoms with E-state index in [1.165, 1.54) is 12.4 Å². The second kappa shape index (κ2) is 9.01. The number of aliphatic hydroxyl groups excluding tert-OH is 3. The summed E-state index contributed by atoms with van der Waals surface area (Å²) in [4.78, 5) is 19.1. The van der Waals surface area contributed by atoms with E-state index in [4.69, 9.17) is 0 Å². The van der Waals surface area contributed by atoms with Gasteiger partial charge in [-0.1, -0.05) is 42.5 Å². The summed E-state index contributed by atoms with van der Waals surface area (Å²) in [7, 11) is 0. The number of allylic oxidation sites excluding steroid dienone is 1. The molecule has 2 aromatic carbocycles. The number of phenolic OH excluding ortho intramolecular Hbond substituents is 1. The van der Waals surface area contributed by atoms with Gasteiger partial charge in [0.2, 0.25) is 0 Å². The third-order valence-corrected chi connectivity index (χ3v) is 5.71. The Morgan fingerprint density at radius 3 is 2.31 bits per heavy atom. The first-order valence-electron chi connectivity index (χ1n) is 10.3. The number of ketones is 1. The van der Waals surface area contributed by atoms with Gasteiger partial charge in [-0.05, 0) is 35.4 Å². The quantitative estimate of drug-likeness (QED) is 0.543. The predicted octanol–water partition coefficient (Wildman–Crippen LogP) is 4.25. The number of rotatable bonds is 6. The molecule has 2 aromatic rings. The van der Waals surface area contributed by atoms with Gasteiger partial charge in [0, 0.05) is 25.3 Å². The van der Waals surface area contributed by atoms with Crippen LogP contribution in [0.2, 0.25) is 0 Å². The first-order valence-corrected chi connectivity index (χ1v) is 10.3. The highest BCUT2D eigenvalue weighted by Gasteiger charge is 2.27. The molecule has 2 atom stereocenters. The molecule has 1 aliphatic carbocycles. The summed E-state index contributed by atoms with van der Waals surface area (Å²) in [5.74, 6) is -1.29. The minimum absolute atomic E-state index is 0.106. The van der Waals surface area contributed by atoms with Gasteiger partial charge >= 0.3 is 0 Å². The van der Waals surface area contributed by atoms with Gasteiger partial charge in [0.1, 0.15) is 17.2 Å². The van der Waals surface area contributed by atoms with Gasteiger partial charge in [0.05, 0.1) is 12.4 Å². The van der Waals surface area contributed by atoms with Crippen LogP contribution in [0.1, 0.15) is 29.9 Å². The Morgan fingerprint density at radius 1 is 1.00 bits per heavy atom. The summed E-state index contributed by atoms with van der Waals surface area (Å²) in [6, 6.07) is 16.2. The summed E-state index contributed by atoms with van der Waals surface area (Å²) in [5.41, 5.74) is 2.28. The van der Waals surface area contributed by atoms with Crippen molar-refractivity contribution in [2.24, 2.45) is 4.99 Å². The number of aliphatic hydroxyl groups is 3. The van der Waals surface area contributed by atoms with Gasteiger partial charge in [0.15, 0.2) is 17.3 Å². The normalized spacial score (nSPS) is 19.4. The molecule has 0 fully saturated rings. The second-order valence-electron chi connectivity index (χ2n) is 7.83. The summed E-state index contributed by atoms with van der Waals surface area (Å²) in [6.45, 7) is 0.377. The molecule has 1 aliphatic heterocycles. The Labute approximate surface area is 185 Å². The highest BCUT2D eigenvalue weighted by atomic mass is 16.3. The van der Waals surface area contributed by atoms with Crippen LogP contribution in [0.15, 0.2) is 94.7 Å². The topological polar surface area (TPSA) is 114 Å². The maximum absolute atomic E-state index is 13.1. The zero-order valence-electron chi connectivity index (χ0n) is 17.3. The molecule has 164 valence electrons. The number of carbonyl (C=O) groups is 1. The van der Waals surface area contributed by atoms with Crippen molar-refractivity contribution in [3.8, 4) is 5.75 Å². The Balaban J connectivity index is 1.48. The maximum atomic E-state index is 13.1. The van der Waals surface area contributed by atoms with E-state index < -0.39 is 5.76 Å². The molecule has 0 saturated carbocycles. The van der Waals surface area contributed by atoms with Crippen LogP contribution < -0.4 is 0 Å². The molecule has 0 aromatic heterocycles. The lowest BCUT2D eigenvalue weighted by Gasteiger charge is -2.30. The molecule has 4 N–H and O–H groups in total. The smallest absolute Gasteiger partial charge is 0.195 e. The van der Waals surface area contributed by atoms with Crippen LogP contribution in [0.5, 0.6) is 5.75 Å². The van der Waals surface area contributed by atoms with Crippen LogP contribution in [0.25, 0.3) is 0 Å². The van der Waals surface area contributed by atoms with E-state index in [9.17, 15) is 25.2 Å². The van der Waals surface area contributed by atoms with Gasteiger partial charge in [-0.2, -0.15) is 0 Å². The molecule has 1 heterocycles. The first-order chi connectivity index (χ1) is 15.4. The minimum atomic E-state index is -0.511. The molecule has 0 radical (unpaired) electrons. The van der Waals surface area contributed by atoms with Crippen LogP contribution in [0.4, 0.5) is 0 Å². The zero-order chi connectivity index (χ0) is 22.7. The molecule has 7 nitrogen and oxygen atoms in total. The van der Waals surface area contributed by atoms with Crippen molar-refractivity contribution < 1.29 is 25.2 Å². The molecular formula is C25H24N2O5. The lowest BCUT2D eigenvalue weighted by Crippen LogP contribution is -2.37. The number of benzene rings is 2. The van der Waals surface area contributed by atoms with Crippen molar-refractivity contribution in [3.05, 3.63) is 101 Å². The van der Waals surface area contributed by atoms with Crippen LogP contribution >= 0.6 is 0 Å². The van der Waals surface area contributed by atoms with Crippen molar-refractivity contribution in [3.63, 3.8) is 0 Å². The van der Waals surface area contributed by atoms with Crippen molar-refractivity contribution in [2.45, 2.75) is 24.8 Å². The summed E-state index contributed by atoms with van der Waals surface area (Å²) in [5, 5.41) is 38.7. The summed E-state index contributed by atoms with van der Waals surface area (Å²) >= 11 is 0. The Hall–Kier alpha value is -4.00. The predicted molar refractivity (Wildman–Crippen MR) is 121 cm³/mol. The van der Waals surface area contributed by atoms with Crippen LogP contribution in [-0.2, 0) is 4.79 Å². The molecule has 7 heteroatoms. The Kier molecular flexibility index (Phi) is 5.98. The van der Waals surface area contributed by atoms with Crippen LogP contribution in [-0.4, -0.2) is 50.0 Å². The fraction of sp³-hybridized carbons (Fsp3) is 0.200. The maximum Gasteiger partial charge on any atom is 0.195 e. The molecule has 0 amide bonds. The van der Waals surface area contributed by atoms with E-state index in [0.717, 1.165) is 11.1 Å². The van der Waals surface area contributed by atoms with Gasteiger partial charge in [-0.25, -0.2) is 4.99 Å². The van der Waals surface area contributed by atoms with E-state index >= 15 is 0 Å². The standard InChI is InChI=1S/C25H24N2O5/c28-19-8-6-17(7-9-19)20(16-4-2-1-3-5-16)14-22(29)21-10-11-27(15-26-21)18-12-23(30)25(32)24(31)13-18/h1-10,12,15,18,20,28,30-32H,11,13-14H2. The van der Waals surface area contributed by atoms with Crippen molar-refractivity contribution in [1.29, 1.82) is 0 Å². The molecule has 32 heavy (non-hydrogen) atoms. The first kappa shape index (κ1) is 21.2. The summed E-state index contributed by atoms with van der Waals surface area (Å²) < 4.78 is 0. The van der Waals surface area contributed by atoms with Gasteiger partial charge in [-0.3, -0.25) is 4.79 Å². The molecular weight excluding hydrogens is 408 g/mol. The number of phenols is 1. The molecule has 0 bridgehead atoms. The number of hydrogen-bond donors (Lipinski definition) is 4. The van der Waals surface area contributed by atoms with Crippen molar-refractivity contribution in [1.82, 2.24) is 4.90 Å². The average Bonchev–Trinajstić information content (AvgIpc) is 2.82. The van der Waals surface area contributed by atoms with E-state index in [1.54, 1.807) is 23.1 Å². The number of Topliss-reactive ketones (excluding diaryl/α,β-unsaturated/α-hetero) is 1.